The molecular weight excluding hydrogens is 163 g/mol. The third kappa shape index (κ3) is 1.34. The molecule has 1 aromatic rings. The molecule has 5 heteroatoms. The molecule has 0 aliphatic carbocycles. The first-order valence-electron chi connectivity index (χ1n) is 3.18. The second kappa shape index (κ2) is 2.77. The lowest BCUT2D eigenvalue weighted by atomic mass is 10.2. The van der Waals surface area contributed by atoms with Gasteiger partial charge in [-0.2, -0.15) is 4.39 Å². The van der Waals surface area contributed by atoms with Crippen LogP contribution >= 0.6 is 0 Å². The van der Waals surface area contributed by atoms with E-state index in [9.17, 15) is 9.18 Å². The van der Waals surface area contributed by atoms with Crippen molar-refractivity contribution in [1.82, 2.24) is 4.98 Å². The molecule has 0 saturated carbocycles. The molecule has 0 aliphatic rings. The third-order valence-electron chi connectivity index (χ3n) is 1.41. The Morgan fingerprint density at radius 2 is 2.33 bits per heavy atom. The minimum Gasteiger partial charge on any atom is -0.478 e. The van der Waals surface area contributed by atoms with Gasteiger partial charge in [-0.1, -0.05) is 0 Å². The fourth-order valence-corrected chi connectivity index (χ4v) is 0.775. The molecule has 12 heavy (non-hydrogen) atoms. The second-order valence-electron chi connectivity index (χ2n) is 2.33. The molecule has 0 atom stereocenters. The van der Waals surface area contributed by atoms with Crippen molar-refractivity contribution in [3.05, 3.63) is 23.1 Å². The van der Waals surface area contributed by atoms with E-state index in [0.717, 1.165) is 6.07 Å². The van der Waals surface area contributed by atoms with E-state index in [1.54, 1.807) is 0 Å². The molecule has 64 valence electrons. The number of aryl methyl sites for hydroxylation is 1. The van der Waals surface area contributed by atoms with Gasteiger partial charge in [-0.15, -0.1) is 0 Å². The Morgan fingerprint density at radius 1 is 1.75 bits per heavy atom. The number of aromatic nitrogens is 1. The number of carbonyl (C=O) groups is 1. The standard InChI is InChI=1S/C7H7FN2O2/c1-3-2-4(7(11)12)6(9)10-5(3)8/h2H,1H3,(H2,9,10)(H,11,12). The van der Waals surface area contributed by atoms with Gasteiger partial charge in [-0.3, -0.25) is 0 Å². The highest BCUT2D eigenvalue weighted by atomic mass is 19.1. The molecule has 0 amide bonds. The summed E-state index contributed by atoms with van der Waals surface area (Å²) in [5, 5.41) is 8.54. The molecule has 0 aromatic carbocycles. The van der Waals surface area contributed by atoms with Gasteiger partial charge in [-0.05, 0) is 13.0 Å². The number of hydrogen-bond donors (Lipinski definition) is 2. The zero-order chi connectivity index (χ0) is 9.30. The van der Waals surface area contributed by atoms with Crippen molar-refractivity contribution in [3.63, 3.8) is 0 Å². The smallest absolute Gasteiger partial charge is 0.339 e. The Hall–Kier alpha value is -1.65. The second-order valence-corrected chi connectivity index (χ2v) is 2.33. The number of hydrogen-bond acceptors (Lipinski definition) is 3. The van der Waals surface area contributed by atoms with E-state index in [1.807, 2.05) is 0 Å². The maximum atomic E-state index is 12.6. The summed E-state index contributed by atoms with van der Waals surface area (Å²) in [7, 11) is 0. The van der Waals surface area contributed by atoms with Crippen LogP contribution in [-0.2, 0) is 0 Å². The summed E-state index contributed by atoms with van der Waals surface area (Å²) in [5.41, 5.74) is 5.16. The highest BCUT2D eigenvalue weighted by Gasteiger charge is 2.11. The molecule has 1 rings (SSSR count). The van der Waals surface area contributed by atoms with E-state index in [2.05, 4.69) is 4.98 Å². The highest BCUT2D eigenvalue weighted by Crippen LogP contribution is 2.12. The van der Waals surface area contributed by atoms with Gasteiger partial charge in [0.05, 0.1) is 0 Å². The monoisotopic (exact) mass is 170 g/mol. The minimum atomic E-state index is -1.21. The van der Waals surface area contributed by atoms with Crippen LogP contribution in [0.5, 0.6) is 0 Å². The third-order valence-corrected chi connectivity index (χ3v) is 1.41. The fourth-order valence-electron chi connectivity index (χ4n) is 0.775. The van der Waals surface area contributed by atoms with Crippen LogP contribution < -0.4 is 5.73 Å². The zero-order valence-electron chi connectivity index (χ0n) is 6.34. The van der Waals surface area contributed by atoms with Gasteiger partial charge in [-0.25, -0.2) is 9.78 Å². The SMILES string of the molecule is Cc1cc(C(=O)O)c(N)nc1F. The fraction of sp³-hybridized carbons (Fsp3) is 0.143. The number of rotatable bonds is 1. The Morgan fingerprint density at radius 3 is 2.83 bits per heavy atom. The molecule has 0 aliphatic heterocycles. The lowest BCUT2D eigenvalue weighted by Gasteiger charge is -2.01. The summed E-state index contributed by atoms with van der Waals surface area (Å²) in [6.45, 7) is 1.42. The van der Waals surface area contributed by atoms with Crippen LogP contribution in [0.25, 0.3) is 0 Å². The van der Waals surface area contributed by atoms with Crippen molar-refractivity contribution in [2.75, 3.05) is 5.73 Å². The van der Waals surface area contributed by atoms with E-state index in [4.69, 9.17) is 10.8 Å². The van der Waals surface area contributed by atoms with Crippen LogP contribution in [0.3, 0.4) is 0 Å². The number of carboxylic acid groups (broad SMARTS) is 1. The lowest BCUT2D eigenvalue weighted by Crippen LogP contribution is -2.06. The summed E-state index contributed by atoms with van der Waals surface area (Å²) in [6.07, 6.45) is 0. The van der Waals surface area contributed by atoms with Crippen LogP contribution in [0.4, 0.5) is 10.2 Å². The summed E-state index contributed by atoms with van der Waals surface area (Å²) in [5.74, 6) is -2.24. The first-order chi connectivity index (χ1) is 5.52. The Labute approximate surface area is 67.8 Å². The van der Waals surface area contributed by atoms with Crippen molar-refractivity contribution in [2.24, 2.45) is 0 Å². The van der Waals surface area contributed by atoms with E-state index in [0.29, 0.717) is 0 Å². The number of nitrogen functional groups attached to an aromatic ring is 1. The van der Waals surface area contributed by atoms with Crippen LogP contribution in [0, 0.1) is 12.9 Å². The number of halogens is 1. The van der Waals surface area contributed by atoms with E-state index >= 15 is 0 Å². The minimum absolute atomic E-state index is 0.168. The number of carboxylic acids is 1. The summed E-state index contributed by atoms with van der Waals surface area (Å²) in [6, 6.07) is 1.15. The molecule has 0 saturated heterocycles. The van der Waals surface area contributed by atoms with Gasteiger partial charge in [0.1, 0.15) is 11.4 Å². The first kappa shape index (κ1) is 8.45. The van der Waals surface area contributed by atoms with Gasteiger partial charge < -0.3 is 10.8 Å². The maximum Gasteiger partial charge on any atom is 0.339 e. The molecular formula is C7H7FN2O2. The normalized spacial score (nSPS) is 9.83. The molecule has 0 fully saturated rings. The topological polar surface area (TPSA) is 76.2 Å². The maximum absolute atomic E-state index is 12.6. The van der Waals surface area contributed by atoms with Crippen molar-refractivity contribution in [1.29, 1.82) is 0 Å². The molecule has 0 bridgehead atoms. The molecule has 1 aromatic heterocycles. The predicted molar refractivity (Wildman–Crippen MR) is 40.3 cm³/mol. The first-order valence-corrected chi connectivity index (χ1v) is 3.18. The molecule has 4 nitrogen and oxygen atoms in total. The van der Waals surface area contributed by atoms with E-state index in [-0.39, 0.29) is 16.9 Å². The Bertz CT molecular complexity index is 338. The zero-order valence-corrected chi connectivity index (χ0v) is 6.34. The van der Waals surface area contributed by atoms with Gasteiger partial charge in [0.25, 0.3) is 0 Å². The van der Waals surface area contributed by atoms with Gasteiger partial charge in [0.2, 0.25) is 5.95 Å². The number of nitrogens with two attached hydrogens (primary N) is 1. The molecule has 0 unspecified atom stereocenters. The number of anilines is 1. The van der Waals surface area contributed by atoms with Crippen LogP contribution in [0.2, 0.25) is 0 Å². The molecule has 0 spiro atoms. The van der Waals surface area contributed by atoms with Gasteiger partial charge in [0, 0.05) is 5.56 Å². The van der Waals surface area contributed by atoms with Gasteiger partial charge in [0.15, 0.2) is 0 Å². The summed E-state index contributed by atoms with van der Waals surface area (Å²) >= 11 is 0. The summed E-state index contributed by atoms with van der Waals surface area (Å²) in [4.78, 5) is 13.7. The van der Waals surface area contributed by atoms with Crippen LogP contribution in [0.1, 0.15) is 15.9 Å². The number of nitrogens with zero attached hydrogens (tertiary/aromatic N) is 1. The van der Waals surface area contributed by atoms with Gasteiger partial charge >= 0.3 is 5.97 Å². The number of pyridine rings is 1. The van der Waals surface area contributed by atoms with Crippen LogP contribution in [-0.4, -0.2) is 16.1 Å². The Kier molecular flexibility index (Phi) is 1.95. The van der Waals surface area contributed by atoms with Crippen molar-refractivity contribution >= 4 is 11.8 Å². The average molecular weight is 170 g/mol. The quantitative estimate of drug-likeness (QED) is 0.611. The van der Waals surface area contributed by atoms with E-state index in [1.165, 1.54) is 6.92 Å². The van der Waals surface area contributed by atoms with Crippen molar-refractivity contribution in [3.8, 4) is 0 Å². The van der Waals surface area contributed by atoms with Crippen molar-refractivity contribution < 1.29 is 14.3 Å². The largest absolute Gasteiger partial charge is 0.478 e. The lowest BCUT2D eigenvalue weighted by molar-refractivity contribution is 0.0697. The number of aromatic carboxylic acids is 1. The summed E-state index contributed by atoms with van der Waals surface area (Å²) < 4.78 is 12.6. The predicted octanol–water partition coefficient (Wildman–Crippen LogP) is 0.810. The highest BCUT2D eigenvalue weighted by molar-refractivity contribution is 5.92. The molecule has 1 heterocycles. The molecule has 3 N–H and O–H groups in total. The Balaban J connectivity index is 3.33. The van der Waals surface area contributed by atoms with Crippen LogP contribution in [0.15, 0.2) is 6.07 Å². The van der Waals surface area contributed by atoms with Crippen molar-refractivity contribution in [2.45, 2.75) is 6.92 Å². The average Bonchev–Trinajstić information content (AvgIpc) is 1.96. The van der Waals surface area contributed by atoms with E-state index < -0.39 is 11.9 Å². The molecule has 0 radical (unpaired) electrons.